The number of nitrogens with zero attached hydrogens (tertiary/aromatic N) is 3. The van der Waals surface area contributed by atoms with E-state index in [2.05, 4.69) is 9.59 Å². The summed E-state index contributed by atoms with van der Waals surface area (Å²) in [5.74, 6) is 1.01. The summed E-state index contributed by atoms with van der Waals surface area (Å²) in [5.41, 5.74) is 0.831. The first-order valence-corrected chi connectivity index (χ1v) is 8.15. The van der Waals surface area contributed by atoms with E-state index in [0.717, 1.165) is 37.9 Å². The molecule has 0 aliphatic carbocycles. The monoisotopic (exact) mass is 301 g/mol. The Balaban J connectivity index is 2.11. The van der Waals surface area contributed by atoms with Crippen LogP contribution in [0.4, 0.5) is 0 Å². The van der Waals surface area contributed by atoms with Crippen LogP contribution in [0.25, 0.3) is 0 Å². The van der Waals surface area contributed by atoms with Crippen LogP contribution in [-0.2, 0) is 0 Å². The molecule has 0 spiro atoms. The minimum atomic E-state index is 0.107. The maximum atomic E-state index is 12.6. The van der Waals surface area contributed by atoms with Gasteiger partial charge in [0.2, 0.25) is 0 Å². The van der Waals surface area contributed by atoms with E-state index in [-0.39, 0.29) is 11.8 Å². The topological polar surface area (TPSA) is 46.1 Å². The van der Waals surface area contributed by atoms with Gasteiger partial charge in [0, 0.05) is 18.5 Å². The molecule has 1 atom stereocenters. The van der Waals surface area contributed by atoms with E-state index in [1.807, 2.05) is 18.7 Å². The van der Waals surface area contributed by atoms with Crippen molar-refractivity contribution in [2.24, 2.45) is 0 Å². The highest BCUT2D eigenvalue weighted by Crippen LogP contribution is 2.27. The number of rotatable bonds is 5. The lowest BCUT2D eigenvalue weighted by molar-refractivity contribution is 0.0733. The number of carbonyl (C=O) groups excluding carboxylic acids is 1. The number of halogens is 1. The molecule has 2 heterocycles. The molecule has 4 nitrogen and oxygen atoms in total. The van der Waals surface area contributed by atoms with E-state index >= 15 is 0 Å². The zero-order valence-electron chi connectivity index (χ0n) is 11.4. The fraction of sp³-hybridized carbons (Fsp3) is 0.769. The average molecular weight is 302 g/mol. The first kappa shape index (κ1) is 14.7. The van der Waals surface area contributed by atoms with Crippen molar-refractivity contribution in [1.29, 1.82) is 0 Å². The Bertz CT molecular complexity index is 435. The van der Waals surface area contributed by atoms with E-state index in [1.165, 1.54) is 11.5 Å². The quantitative estimate of drug-likeness (QED) is 0.784. The van der Waals surface area contributed by atoms with E-state index in [9.17, 15) is 4.79 Å². The molecule has 0 radical (unpaired) electrons. The molecule has 1 aromatic heterocycles. The Morgan fingerprint density at radius 2 is 2.37 bits per heavy atom. The Labute approximate surface area is 123 Å². The van der Waals surface area contributed by atoms with Crippen molar-refractivity contribution >= 4 is 29.0 Å². The minimum Gasteiger partial charge on any atom is -0.335 e. The molecule has 0 saturated carbocycles. The third-order valence-electron chi connectivity index (χ3n) is 3.56. The molecule has 1 unspecified atom stereocenters. The fourth-order valence-corrected chi connectivity index (χ4v) is 3.50. The molecule has 1 amide bonds. The molecule has 0 N–H and O–H groups in total. The number of aromatic nitrogens is 2. The van der Waals surface area contributed by atoms with Gasteiger partial charge in [-0.2, -0.15) is 0 Å². The summed E-state index contributed by atoms with van der Waals surface area (Å²) in [6.07, 6.45) is 4.14. The summed E-state index contributed by atoms with van der Waals surface area (Å²) in [5, 5.41) is 4.10. The van der Waals surface area contributed by atoms with Crippen LogP contribution in [0, 0.1) is 0 Å². The molecule has 106 valence electrons. The molecule has 1 saturated heterocycles. The summed E-state index contributed by atoms with van der Waals surface area (Å²) in [7, 11) is 0. The summed E-state index contributed by atoms with van der Waals surface area (Å²) >= 11 is 6.97. The standard InChI is InChI=1S/C13H20ClN3OS/c1-9(2)11-12(19-16-15-11)13(18)17-8-4-6-10(17)5-3-7-14/h9-10H,3-8H2,1-2H3. The molecule has 6 heteroatoms. The summed E-state index contributed by atoms with van der Waals surface area (Å²) < 4.78 is 3.95. The molecule has 0 bridgehead atoms. The van der Waals surface area contributed by atoms with Crippen molar-refractivity contribution in [3.8, 4) is 0 Å². The van der Waals surface area contributed by atoms with Crippen molar-refractivity contribution in [1.82, 2.24) is 14.5 Å². The predicted octanol–water partition coefficient (Wildman–Crippen LogP) is 3.29. The number of hydrogen-bond acceptors (Lipinski definition) is 4. The van der Waals surface area contributed by atoms with Crippen molar-refractivity contribution in [2.75, 3.05) is 12.4 Å². The van der Waals surface area contributed by atoms with Crippen LogP contribution < -0.4 is 0 Å². The first-order valence-electron chi connectivity index (χ1n) is 6.84. The highest BCUT2D eigenvalue weighted by Gasteiger charge is 2.31. The largest absolute Gasteiger partial charge is 0.335 e. The smallest absolute Gasteiger partial charge is 0.267 e. The number of carbonyl (C=O) groups is 1. The second kappa shape index (κ2) is 6.66. The van der Waals surface area contributed by atoms with Crippen molar-refractivity contribution in [3.63, 3.8) is 0 Å². The van der Waals surface area contributed by atoms with E-state index in [1.54, 1.807) is 0 Å². The summed E-state index contributed by atoms with van der Waals surface area (Å²) in [6.45, 7) is 4.94. The van der Waals surface area contributed by atoms with Gasteiger partial charge in [-0.25, -0.2) is 0 Å². The van der Waals surface area contributed by atoms with E-state index in [0.29, 0.717) is 16.8 Å². The summed E-state index contributed by atoms with van der Waals surface area (Å²) in [4.78, 5) is 15.3. The SMILES string of the molecule is CC(C)c1nnsc1C(=O)N1CCCC1CCCCl. The first-order chi connectivity index (χ1) is 9.15. The van der Waals surface area contributed by atoms with Gasteiger partial charge < -0.3 is 4.90 Å². The van der Waals surface area contributed by atoms with Crippen LogP contribution in [0.15, 0.2) is 0 Å². The lowest BCUT2D eigenvalue weighted by atomic mass is 10.1. The van der Waals surface area contributed by atoms with Crippen LogP contribution >= 0.6 is 23.1 Å². The second-order valence-corrected chi connectivity index (χ2v) is 6.40. The highest BCUT2D eigenvalue weighted by atomic mass is 35.5. The van der Waals surface area contributed by atoms with Gasteiger partial charge in [0.05, 0.1) is 5.69 Å². The van der Waals surface area contributed by atoms with Crippen LogP contribution in [0.2, 0.25) is 0 Å². The summed E-state index contributed by atoms with van der Waals surface area (Å²) in [6, 6.07) is 0.341. The highest BCUT2D eigenvalue weighted by molar-refractivity contribution is 7.08. The van der Waals surface area contributed by atoms with Crippen molar-refractivity contribution < 1.29 is 4.79 Å². The van der Waals surface area contributed by atoms with Gasteiger partial charge in [-0.05, 0) is 43.1 Å². The van der Waals surface area contributed by atoms with E-state index in [4.69, 9.17) is 11.6 Å². The van der Waals surface area contributed by atoms with Gasteiger partial charge in [-0.15, -0.1) is 16.7 Å². The predicted molar refractivity (Wildman–Crippen MR) is 78.0 cm³/mol. The number of amides is 1. The molecular weight excluding hydrogens is 282 g/mol. The van der Waals surface area contributed by atoms with E-state index < -0.39 is 0 Å². The van der Waals surface area contributed by atoms with Gasteiger partial charge in [0.15, 0.2) is 0 Å². The van der Waals surface area contributed by atoms with Crippen LogP contribution in [0.5, 0.6) is 0 Å². The number of alkyl halides is 1. The van der Waals surface area contributed by atoms with Gasteiger partial charge in [-0.3, -0.25) is 4.79 Å². The Morgan fingerprint density at radius 1 is 1.58 bits per heavy atom. The lowest BCUT2D eigenvalue weighted by Crippen LogP contribution is -2.35. The molecule has 0 aromatic carbocycles. The third-order valence-corrected chi connectivity index (χ3v) is 4.56. The van der Waals surface area contributed by atoms with Crippen LogP contribution in [0.1, 0.15) is 60.8 Å². The number of likely N-dealkylation sites (tertiary alicyclic amines) is 1. The maximum Gasteiger partial charge on any atom is 0.267 e. The van der Waals surface area contributed by atoms with Crippen LogP contribution in [0.3, 0.4) is 0 Å². The second-order valence-electron chi connectivity index (χ2n) is 5.27. The normalized spacial score (nSPS) is 19.4. The van der Waals surface area contributed by atoms with Gasteiger partial charge >= 0.3 is 0 Å². The molecule has 1 fully saturated rings. The minimum absolute atomic E-state index is 0.107. The Hall–Kier alpha value is -0.680. The molecule has 19 heavy (non-hydrogen) atoms. The molecule has 1 aromatic rings. The lowest BCUT2D eigenvalue weighted by Gasteiger charge is -2.24. The van der Waals surface area contributed by atoms with Crippen LogP contribution in [-0.4, -0.2) is 38.9 Å². The third kappa shape index (κ3) is 3.26. The zero-order valence-corrected chi connectivity index (χ0v) is 13.0. The van der Waals surface area contributed by atoms with Gasteiger partial charge in [0.1, 0.15) is 4.88 Å². The number of hydrogen-bond donors (Lipinski definition) is 0. The maximum absolute atomic E-state index is 12.6. The average Bonchev–Trinajstić information content (AvgIpc) is 3.04. The molecule has 2 rings (SSSR count). The Morgan fingerprint density at radius 3 is 3.05 bits per heavy atom. The molecular formula is C13H20ClN3OS. The zero-order chi connectivity index (χ0) is 13.8. The van der Waals surface area contributed by atoms with Gasteiger partial charge in [0.25, 0.3) is 5.91 Å². The van der Waals surface area contributed by atoms with Crippen molar-refractivity contribution in [2.45, 2.75) is 51.5 Å². The Kier molecular flexibility index (Phi) is 5.16. The van der Waals surface area contributed by atoms with Gasteiger partial charge in [-0.1, -0.05) is 18.3 Å². The molecule has 1 aliphatic rings. The van der Waals surface area contributed by atoms with Crippen molar-refractivity contribution in [3.05, 3.63) is 10.6 Å². The fourth-order valence-electron chi connectivity index (χ4n) is 2.57. The molecule has 1 aliphatic heterocycles.